The van der Waals surface area contributed by atoms with Crippen molar-refractivity contribution in [3.8, 4) is 5.75 Å². The summed E-state index contributed by atoms with van der Waals surface area (Å²) in [4.78, 5) is 7.31. The number of halogens is 1. The first-order valence-corrected chi connectivity index (χ1v) is 7.10. The third kappa shape index (κ3) is 2.92. The first-order valence-electron chi connectivity index (χ1n) is 6.19. The number of piperidine rings is 1. The van der Waals surface area contributed by atoms with Gasteiger partial charge in [0.25, 0.3) is 0 Å². The highest BCUT2D eigenvalue weighted by Gasteiger charge is 2.26. The smallest absolute Gasteiger partial charge is 0.171 e. The van der Waals surface area contributed by atoms with E-state index >= 15 is 0 Å². The molecule has 0 bridgehead atoms. The molecule has 0 N–H and O–H groups in total. The highest BCUT2D eigenvalue weighted by Crippen LogP contribution is 2.31. The van der Waals surface area contributed by atoms with Crippen LogP contribution in [0.15, 0.2) is 18.3 Å². The second-order valence-electron chi connectivity index (χ2n) is 4.49. The van der Waals surface area contributed by atoms with Crippen LogP contribution in [0.3, 0.4) is 0 Å². The molecule has 1 saturated heterocycles. The number of anilines is 1. The number of nitrogens with zero attached hydrogens (tertiary/aromatic N) is 2. The average molecular weight is 299 g/mol. The van der Waals surface area contributed by atoms with E-state index < -0.39 is 0 Å². The Balaban J connectivity index is 2.16. The quantitative estimate of drug-likeness (QED) is 0.802. The number of pyridine rings is 1. The second-order valence-corrected chi connectivity index (χ2v) is 5.66. The van der Waals surface area contributed by atoms with Crippen LogP contribution in [0.4, 0.5) is 5.82 Å². The summed E-state index contributed by atoms with van der Waals surface area (Å²) in [6, 6.07) is 3.92. The van der Waals surface area contributed by atoms with Crippen molar-refractivity contribution >= 4 is 21.7 Å². The zero-order valence-corrected chi connectivity index (χ0v) is 12.0. The van der Waals surface area contributed by atoms with Crippen molar-refractivity contribution in [3.63, 3.8) is 0 Å². The molecule has 0 amide bonds. The van der Waals surface area contributed by atoms with Gasteiger partial charge in [0.1, 0.15) is 0 Å². The highest BCUT2D eigenvalue weighted by molar-refractivity contribution is 9.09. The molecule has 1 aliphatic rings. The van der Waals surface area contributed by atoms with Crippen LogP contribution in [-0.4, -0.2) is 29.5 Å². The van der Waals surface area contributed by atoms with E-state index in [9.17, 15) is 0 Å². The summed E-state index contributed by atoms with van der Waals surface area (Å²) in [5.74, 6) is 2.60. The Bertz CT molecular complexity index is 372. The summed E-state index contributed by atoms with van der Waals surface area (Å²) in [5, 5.41) is 0. The molecule has 2 atom stereocenters. The minimum atomic E-state index is 0.535. The molecule has 2 heterocycles. The Morgan fingerprint density at radius 1 is 1.59 bits per heavy atom. The Morgan fingerprint density at radius 3 is 3.12 bits per heavy atom. The number of rotatable bonds is 3. The van der Waals surface area contributed by atoms with Gasteiger partial charge in [0, 0.05) is 24.1 Å². The van der Waals surface area contributed by atoms with Crippen molar-refractivity contribution in [2.45, 2.75) is 25.1 Å². The molecular weight excluding hydrogens is 280 g/mol. The molecule has 0 radical (unpaired) electrons. The van der Waals surface area contributed by atoms with E-state index in [1.165, 1.54) is 6.42 Å². The molecule has 2 unspecified atom stereocenters. The van der Waals surface area contributed by atoms with Gasteiger partial charge in [0.15, 0.2) is 11.6 Å². The first-order chi connectivity index (χ1) is 8.22. The summed E-state index contributed by atoms with van der Waals surface area (Å²) >= 11 is 3.74. The summed E-state index contributed by atoms with van der Waals surface area (Å²) < 4.78 is 5.63. The zero-order valence-electron chi connectivity index (χ0n) is 10.4. The summed E-state index contributed by atoms with van der Waals surface area (Å²) in [5.41, 5.74) is 0. The molecule has 1 fully saturated rings. The number of hydrogen-bond acceptors (Lipinski definition) is 3. The number of aromatic nitrogens is 1. The fraction of sp³-hybridized carbons (Fsp3) is 0.615. The van der Waals surface area contributed by atoms with Crippen LogP contribution in [0.2, 0.25) is 0 Å². The lowest BCUT2D eigenvalue weighted by Gasteiger charge is -2.35. The van der Waals surface area contributed by atoms with Crippen molar-refractivity contribution in [1.29, 1.82) is 0 Å². The van der Waals surface area contributed by atoms with Crippen LogP contribution in [0, 0.1) is 5.92 Å². The Hall–Kier alpha value is -0.770. The monoisotopic (exact) mass is 298 g/mol. The van der Waals surface area contributed by atoms with Gasteiger partial charge in [-0.05, 0) is 31.4 Å². The maximum atomic E-state index is 5.63. The molecule has 0 saturated carbocycles. The lowest BCUT2D eigenvalue weighted by Crippen LogP contribution is -2.40. The van der Waals surface area contributed by atoms with Gasteiger partial charge < -0.3 is 9.64 Å². The van der Waals surface area contributed by atoms with Crippen molar-refractivity contribution in [2.75, 3.05) is 24.6 Å². The number of ether oxygens (including phenoxy) is 1. The third-order valence-electron chi connectivity index (χ3n) is 3.22. The third-order valence-corrected chi connectivity index (χ3v) is 4.41. The van der Waals surface area contributed by atoms with Gasteiger partial charge >= 0.3 is 0 Å². The maximum absolute atomic E-state index is 5.63. The van der Waals surface area contributed by atoms with Gasteiger partial charge in [-0.25, -0.2) is 4.98 Å². The van der Waals surface area contributed by atoms with Crippen molar-refractivity contribution in [1.82, 2.24) is 4.98 Å². The average Bonchev–Trinajstić information content (AvgIpc) is 2.34. The van der Waals surface area contributed by atoms with E-state index in [4.69, 9.17) is 4.74 Å². The molecule has 17 heavy (non-hydrogen) atoms. The summed E-state index contributed by atoms with van der Waals surface area (Å²) in [6.07, 6.45) is 3.02. The van der Waals surface area contributed by atoms with E-state index in [2.05, 4.69) is 32.7 Å². The number of hydrogen-bond donors (Lipinski definition) is 0. The van der Waals surface area contributed by atoms with Crippen LogP contribution >= 0.6 is 15.9 Å². The molecule has 0 spiro atoms. The molecule has 3 nitrogen and oxygen atoms in total. The predicted molar refractivity (Wildman–Crippen MR) is 74.1 cm³/mol. The molecule has 1 aliphatic heterocycles. The normalized spacial score (nSPS) is 24.8. The van der Waals surface area contributed by atoms with Crippen molar-refractivity contribution in [3.05, 3.63) is 18.3 Å². The van der Waals surface area contributed by atoms with E-state index in [0.717, 1.165) is 30.6 Å². The lowest BCUT2D eigenvalue weighted by molar-refractivity contribution is 0.337. The topological polar surface area (TPSA) is 25.4 Å². The molecular formula is C13H19BrN2O. The standard InChI is InChI=1S/C13H19BrN2O/c1-3-17-12-5-4-7-15-13(12)16-8-6-10(2)11(14)9-16/h4-5,7,10-11H,3,6,8-9H2,1-2H3. The Labute approximate surface area is 111 Å². The van der Waals surface area contributed by atoms with Crippen LogP contribution < -0.4 is 9.64 Å². The van der Waals surface area contributed by atoms with Crippen LogP contribution in [0.25, 0.3) is 0 Å². The predicted octanol–water partition coefficient (Wildman–Crippen LogP) is 3.09. The molecule has 2 rings (SSSR count). The Morgan fingerprint density at radius 2 is 2.41 bits per heavy atom. The van der Waals surface area contributed by atoms with Gasteiger partial charge in [-0.3, -0.25) is 0 Å². The fourth-order valence-electron chi connectivity index (χ4n) is 2.10. The van der Waals surface area contributed by atoms with Crippen LogP contribution in [-0.2, 0) is 0 Å². The molecule has 1 aromatic heterocycles. The first kappa shape index (κ1) is 12.7. The summed E-state index contributed by atoms with van der Waals surface area (Å²) in [7, 11) is 0. The van der Waals surface area contributed by atoms with Crippen LogP contribution in [0.5, 0.6) is 5.75 Å². The van der Waals surface area contributed by atoms with Gasteiger partial charge in [-0.2, -0.15) is 0 Å². The second kappa shape index (κ2) is 5.71. The molecule has 4 heteroatoms. The minimum absolute atomic E-state index is 0.535. The van der Waals surface area contributed by atoms with Gasteiger partial charge in [-0.15, -0.1) is 0 Å². The van der Waals surface area contributed by atoms with E-state index in [-0.39, 0.29) is 0 Å². The molecule has 0 aliphatic carbocycles. The summed E-state index contributed by atoms with van der Waals surface area (Å²) in [6.45, 7) is 7.03. The highest BCUT2D eigenvalue weighted by atomic mass is 79.9. The molecule has 1 aromatic rings. The van der Waals surface area contributed by atoms with Crippen molar-refractivity contribution in [2.24, 2.45) is 5.92 Å². The minimum Gasteiger partial charge on any atom is -0.490 e. The number of alkyl halides is 1. The van der Waals surface area contributed by atoms with Gasteiger partial charge in [-0.1, -0.05) is 22.9 Å². The van der Waals surface area contributed by atoms with E-state index in [0.29, 0.717) is 11.4 Å². The van der Waals surface area contributed by atoms with Gasteiger partial charge in [0.05, 0.1) is 6.61 Å². The maximum Gasteiger partial charge on any atom is 0.171 e. The van der Waals surface area contributed by atoms with Crippen LogP contribution in [0.1, 0.15) is 20.3 Å². The fourth-order valence-corrected chi connectivity index (χ4v) is 2.72. The van der Waals surface area contributed by atoms with Crippen molar-refractivity contribution < 1.29 is 4.74 Å². The Kier molecular flexibility index (Phi) is 4.26. The molecule has 94 valence electrons. The SMILES string of the molecule is CCOc1cccnc1N1CCC(C)C(Br)C1. The zero-order chi connectivity index (χ0) is 12.3. The largest absolute Gasteiger partial charge is 0.490 e. The van der Waals surface area contributed by atoms with E-state index in [1.807, 2.05) is 25.3 Å². The van der Waals surface area contributed by atoms with E-state index in [1.54, 1.807) is 0 Å². The van der Waals surface area contributed by atoms with Gasteiger partial charge in [0.2, 0.25) is 0 Å². The molecule has 0 aromatic carbocycles. The lowest BCUT2D eigenvalue weighted by atomic mass is 9.99.